The smallest absolute Gasteiger partial charge is 0.149 e. The van der Waals surface area contributed by atoms with Crippen LogP contribution in [0.5, 0.6) is 5.75 Å². The number of phenolic OH excluding ortho intramolecular Hbond substituents is 1. The van der Waals surface area contributed by atoms with Gasteiger partial charge in [-0.05, 0) is 6.92 Å². The van der Waals surface area contributed by atoms with Crippen LogP contribution in [0.3, 0.4) is 0 Å². The lowest BCUT2D eigenvalue weighted by atomic mass is 10.1. The van der Waals surface area contributed by atoms with Crippen LogP contribution in [0.2, 0.25) is 0 Å². The van der Waals surface area contributed by atoms with Gasteiger partial charge in [-0.25, -0.2) is 4.39 Å². The molecule has 0 heterocycles. The van der Waals surface area contributed by atoms with Crippen molar-refractivity contribution in [3.63, 3.8) is 0 Å². The number of nitriles is 1. The molecule has 1 aromatic rings. The minimum atomic E-state index is -0.755. The quantitative estimate of drug-likeness (QED) is 0.666. The molecule has 0 fully saturated rings. The minimum absolute atomic E-state index is 0.0424. The van der Waals surface area contributed by atoms with Gasteiger partial charge in [0.25, 0.3) is 0 Å². The molecule has 0 aromatic heterocycles. The summed E-state index contributed by atoms with van der Waals surface area (Å²) in [6.07, 6.45) is 0. The number of hydrogen-bond acceptors (Lipinski definition) is 3. The highest BCUT2D eigenvalue weighted by Gasteiger charge is 2.12. The molecule has 3 N–H and O–H groups in total. The molecule has 0 aliphatic rings. The zero-order chi connectivity index (χ0) is 13.3. The maximum Gasteiger partial charge on any atom is 0.149 e. The molecule has 3 nitrogen and oxygen atoms in total. The fraction of sp³-hybridized carbons (Fsp3) is 0.417. The molecule has 0 spiro atoms. The van der Waals surface area contributed by atoms with Crippen LogP contribution in [0.15, 0.2) is 6.07 Å². The predicted octanol–water partition coefficient (Wildman–Crippen LogP) is 3.35. The first kappa shape index (κ1) is 16.7. The van der Waals surface area contributed by atoms with Crippen LogP contribution in [0.4, 0.5) is 10.1 Å². The lowest BCUT2D eigenvalue weighted by Crippen LogP contribution is -1.96. The van der Waals surface area contributed by atoms with Crippen LogP contribution >= 0.6 is 0 Å². The summed E-state index contributed by atoms with van der Waals surface area (Å²) < 4.78 is 13.1. The summed E-state index contributed by atoms with van der Waals surface area (Å²) in [6.45, 7) is 9.38. The fourth-order valence-electron chi connectivity index (χ4n) is 0.868. The molecule has 0 saturated carbocycles. The molecule has 90 valence electrons. The summed E-state index contributed by atoms with van der Waals surface area (Å²) in [6, 6.07) is 2.78. The number of nitrogens with zero attached hydrogens (tertiary/aromatic N) is 1. The van der Waals surface area contributed by atoms with E-state index in [0.29, 0.717) is 0 Å². The van der Waals surface area contributed by atoms with E-state index in [4.69, 9.17) is 16.1 Å². The summed E-state index contributed by atoms with van der Waals surface area (Å²) in [5.74, 6) is -0.987. The van der Waals surface area contributed by atoms with Gasteiger partial charge >= 0.3 is 0 Å². The van der Waals surface area contributed by atoms with E-state index in [2.05, 4.69) is 0 Å². The number of aromatic hydroxyl groups is 1. The number of rotatable bonds is 0. The Morgan fingerprint density at radius 1 is 1.31 bits per heavy atom. The van der Waals surface area contributed by atoms with E-state index >= 15 is 0 Å². The average molecular weight is 226 g/mol. The van der Waals surface area contributed by atoms with Gasteiger partial charge in [0, 0.05) is 11.6 Å². The Balaban J connectivity index is 0. The molecule has 0 aliphatic carbocycles. The van der Waals surface area contributed by atoms with E-state index in [1.165, 1.54) is 6.92 Å². The number of nitrogen functional groups attached to an aromatic ring is 1. The van der Waals surface area contributed by atoms with Crippen molar-refractivity contribution in [3.8, 4) is 11.8 Å². The van der Waals surface area contributed by atoms with E-state index in [1.807, 2.05) is 27.7 Å². The van der Waals surface area contributed by atoms with Crippen molar-refractivity contribution >= 4 is 5.69 Å². The first-order valence-corrected chi connectivity index (χ1v) is 5.25. The van der Waals surface area contributed by atoms with E-state index in [0.717, 1.165) is 6.07 Å². The van der Waals surface area contributed by atoms with Crippen LogP contribution in [0, 0.1) is 24.1 Å². The van der Waals surface area contributed by atoms with E-state index in [-0.39, 0.29) is 22.6 Å². The van der Waals surface area contributed by atoms with Crippen molar-refractivity contribution in [2.24, 2.45) is 0 Å². The number of benzene rings is 1. The SMILES string of the molecule is CC.CC.Cc1c(O)cc(N)c(C#N)c1F. The second kappa shape index (κ2) is 8.54. The molecule has 0 radical (unpaired) electrons. The van der Waals surface area contributed by atoms with Gasteiger partial charge in [0.1, 0.15) is 23.2 Å². The minimum Gasteiger partial charge on any atom is -0.507 e. The van der Waals surface area contributed by atoms with Gasteiger partial charge < -0.3 is 10.8 Å². The normalized spacial score (nSPS) is 7.81. The summed E-state index contributed by atoms with van der Waals surface area (Å²) in [5.41, 5.74) is 5.06. The van der Waals surface area contributed by atoms with Crippen LogP contribution in [0.25, 0.3) is 0 Å². The highest BCUT2D eigenvalue weighted by molar-refractivity contribution is 5.60. The summed E-state index contributed by atoms with van der Waals surface area (Å²) in [4.78, 5) is 0. The highest BCUT2D eigenvalue weighted by atomic mass is 19.1. The van der Waals surface area contributed by atoms with E-state index in [1.54, 1.807) is 6.07 Å². The van der Waals surface area contributed by atoms with Crippen LogP contribution in [-0.4, -0.2) is 5.11 Å². The monoisotopic (exact) mass is 226 g/mol. The topological polar surface area (TPSA) is 70.0 Å². The first-order chi connectivity index (χ1) is 7.57. The standard InChI is InChI=1S/C8H7FN2O.2C2H6/c1-4-7(12)2-6(11)5(3-10)8(4)9;2*1-2/h2,12H,11H2,1H3;2*1-2H3. The Morgan fingerprint density at radius 3 is 2.12 bits per heavy atom. The second-order valence-electron chi connectivity index (χ2n) is 2.41. The third-order valence-corrected chi connectivity index (χ3v) is 1.63. The predicted molar refractivity (Wildman–Crippen MR) is 64.6 cm³/mol. The maximum atomic E-state index is 13.1. The summed E-state index contributed by atoms with van der Waals surface area (Å²) in [7, 11) is 0. The Kier molecular flexibility index (Phi) is 8.89. The van der Waals surface area contributed by atoms with Gasteiger partial charge in [-0.15, -0.1) is 0 Å². The molecule has 1 aromatic carbocycles. The van der Waals surface area contributed by atoms with Crippen molar-refractivity contribution in [1.29, 1.82) is 5.26 Å². The van der Waals surface area contributed by atoms with Crippen LogP contribution < -0.4 is 5.73 Å². The van der Waals surface area contributed by atoms with Crippen molar-refractivity contribution in [2.75, 3.05) is 5.73 Å². The fourth-order valence-corrected chi connectivity index (χ4v) is 0.868. The third-order valence-electron chi connectivity index (χ3n) is 1.63. The molecule has 1 rings (SSSR count). The van der Waals surface area contributed by atoms with E-state index < -0.39 is 5.82 Å². The Hall–Kier alpha value is -1.76. The van der Waals surface area contributed by atoms with Crippen molar-refractivity contribution in [3.05, 3.63) is 23.0 Å². The number of nitrogens with two attached hydrogens (primary N) is 1. The second-order valence-corrected chi connectivity index (χ2v) is 2.41. The molecule has 0 aliphatic heterocycles. The summed E-state index contributed by atoms with van der Waals surface area (Å²) >= 11 is 0. The zero-order valence-corrected chi connectivity index (χ0v) is 10.4. The van der Waals surface area contributed by atoms with E-state index in [9.17, 15) is 4.39 Å². The molecule has 0 atom stereocenters. The van der Waals surface area contributed by atoms with Crippen molar-refractivity contribution in [2.45, 2.75) is 34.6 Å². The molecule has 0 saturated heterocycles. The van der Waals surface area contributed by atoms with Gasteiger partial charge in [-0.1, -0.05) is 27.7 Å². The average Bonchev–Trinajstić information content (AvgIpc) is 2.32. The number of halogens is 1. The summed E-state index contributed by atoms with van der Waals surface area (Å²) in [5, 5.41) is 17.5. The number of anilines is 1. The van der Waals surface area contributed by atoms with Gasteiger partial charge in [0.15, 0.2) is 0 Å². The van der Waals surface area contributed by atoms with Crippen LogP contribution in [-0.2, 0) is 0 Å². The Labute approximate surface area is 96.3 Å². The lowest BCUT2D eigenvalue weighted by molar-refractivity contribution is 0.463. The Bertz CT molecular complexity index is 370. The van der Waals surface area contributed by atoms with Gasteiger partial charge in [0.05, 0.1) is 5.69 Å². The molecule has 0 amide bonds. The van der Waals surface area contributed by atoms with Crippen molar-refractivity contribution < 1.29 is 9.50 Å². The molecule has 0 unspecified atom stereocenters. The van der Waals surface area contributed by atoms with Crippen molar-refractivity contribution in [1.82, 2.24) is 0 Å². The number of hydrogen-bond donors (Lipinski definition) is 2. The zero-order valence-electron chi connectivity index (χ0n) is 10.4. The maximum absolute atomic E-state index is 13.1. The molecule has 0 bridgehead atoms. The van der Waals surface area contributed by atoms with Crippen LogP contribution in [0.1, 0.15) is 38.8 Å². The molecule has 4 heteroatoms. The third kappa shape index (κ3) is 3.77. The molecular formula is C12H19FN2O. The van der Waals surface area contributed by atoms with Gasteiger partial charge in [-0.3, -0.25) is 0 Å². The largest absolute Gasteiger partial charge is 0.507 e. The first-order valence-electron chi connectivity index (χ1n) is 5.25. The molecule has 16 heavy (non-hydrogen) atoms. The molecular weight excluding hydrogens is 207 g/mol. The Morgan fingerprint density at radius 2 is 1.75 bits per heavy atom. The van der Waals surface area contributed by atoms with Gasteiger partial charge in [-0.2, -0.15) is 5.26 Å². The number of phenols is 1. The lowest BCUT2D eigenvalue weighted by Gasteiger charge is -2.04. The highest BCUT2D eigenvalue weighted by Crippen LogP contribution is 2.26. The van der Waals surface area contributed by atoms with Gasteiger partial charge in [0.2, 0.25) is 0 Å².